The number of carbonyl (C=O) groups is 6. The van der Waals surface area contributed by atoms with Gasteiger partial charge < -0.3 is 34.5 Å². The lowest BCUT2D eigenvalue weighted by atomic mass is 10.0. The van der Waals surface area contributed by atoms with Gasteiger partial charge in [0.1, 0.15) is 40.6 Å². The molecule has 1 aromatic rings. The molecule has 0 radical (unpaired) electrons. The number of thioether (sulfide) groups is 1. The van der Waals surface area contributed by atoms with Crippen molar-refractivity contribution in [3.63, 3.8) is 0 Å². The number of piperazine rings is 1. The van der Waals surface area contributed by atoms with Crippen LogP contribution in [0.1, 0.15) is 47.2 Å². The summed E-state index contributed by atoms with van der Waals surface area (Å²) in [6.45, 7) is 12.2. The highest BCUT2D eigenvalue weighted by molar-refractivity contribution is 8.00. The number of nitrogens with one attached hydrogen (secondary N) is 2. The molecule has 268 valence electrons. The number of esters is 1. The first-order valence-corrected chi connectivity index (χ1v) is 17.3. The molecule has 0 aromatic carbocycles. The minimum Gasteiger partial charge on any atom is -0.477 e. The molecule has 3 aliphatic heterocycles. The molecular weight excluding hydrogens is 683 g/mol. The van der Waals surface area contributed by atoms with Gasteiger partial charge in [-0.3, -0.25) is 24.2 Å². The molecule has 49 heavy (non-hydrogen) atoms. The summed E-state index contributed by atoms with van der Waals surface area (Å²) in [6, 6.07) is -1.09. The van der Waals surface area contributed by atoms with E-state index in [9.17, 15) is 33.9 Å². The maximum atomic E-state index is 13.5. The number of anilines is 1. The number of quaternary nitrogens is 1. The summed E-state index contributed by atoms with van der Waals surface area (Å²) in [5.74, 6) is -3.16. The van der Waals surface area contributed by atoms with Crippen molar-refractivity contribution < 1.29 is 52.7 Å². The van der Waals surface area contributed by atoms with Crippen LogP contribution < -0.4 is 10.6 Å². The van der Waals surface area contributed by atoms with E-state index in [1.807, 2.05) is 7.05 Å². The highest BCUT2D eigenvalue weighted by Crippen LogP contribution is 2.41. The Morgan fingerprint density at radius 1 is 1.12 bits per heavy atom. The fourth-order valence-electron chi connectivity index (χ4n) is 5.31. The average Bonchev–Trinajstić information content (AvgIpc) is 3.44. The summed E-state index contributed by atoms with van der Waals surface area (Å²) < 4.78 is 11.1. The number of carboxylic acid groups (broad SMARTS) is 1. The normalized spacial score (nSPS) is 20.9. The molecule has 4 amide bonds. The Balaban J connectivity index is 1.46. The SMILES string of the molecule is CC(C)(C)OC(=O)CON=C(C(=O)N[C@@H]1C(=O)N2C(C(=O)O)=C(C[N+]3(C)CCN(C(=O)OC(C)(C)C)CC3)CS[C@H]12)c1csc(NC=O)n1. The monoisotopic (exact) mass is 724 g/mol. The molecule has 0 aliphatic carbocycles. The summed E-state index contributed by atoms with van der Waals surface area (Å²) >= 11 is 2.33. The molecule has 3 N–H and O–H groups in total. The standard InChI is InChI=1S/C30H41N7O10S2/c1-29(2,3)46-19(39)13-45-34-20(18-15-49-27(32-18)31-16-38)23(40)33-21-24(41)36-22(26(42)43)17(14-48-25(21)36)12-37(7)10-8-35(9-11-37)28(44)47-30(4,5)6/h15-16,21,25H,8-14H2,1-7H3,(H2-,31,32,33,38,40,42,43)/p+1/t21-,25-/m1/s1. The maximum absolute atomic E-state index is 13.5. The van der Waals surface area contributed by atoms with Crippen LogP contribution in [-0.4, -0.2) is 141 Å². The zero-order chi connectivity index (χ0) is 36.3. The molecular formula is C30H42N7O10S2+. The lowest BCUT2D eigenvalue weighted by Gasteiger charge is -2.50. The van der Waals surface area contributed by atoms with E-state index < -0.39 is 59.1 Å². The fraction of sp³-hybridized carbons (Fsp3) is 0.600. The third-order valence-corrected chi connectivity index (χ3v) is 9.60. The number of oxime groups is 1. The van der Waals surface area contributed by atoms with Gasteiger partial charge in [0.25, 0.3) is 11.8 Å². The van der Waals surface area contributed by atoms with Crippen LogP contribution in [0.15, 0.2) is 21.8 Å². The van der Waals surface area contributed by atoms with Crippen LogP contribution in [0, 0.1) is 0 Å². The Bertz CT molecular complexity index is 1550. The number of ether oxygens (including phenoxy) is 2. The fourth-order valence-corrected chi connectivity index (χ4v) is 7.30. The number of carbonyl (C=O) groups excluding carboxylic acids is 5. The van der Waals surface area contributed by atoms with Crippen molar-refractivity contribution in [2.45, 2.75) is 64.2 Å². The van der Waals surface area contributed by atoms with E-state index >= 15 is 0 Å². The zero-order valence-electron chi connectivity index (χ0n) is 28.4. The first-order chi connectivity index (χ1) is 22.8. The number of β-lactam (4-membered cyclic amide) rings is 1. The number of fused-ring (bicyclic) bond motifs is 1. The molecule has 17 nitrogen and oxygen atoms in total. The van der Waals surface area contributed by atoms with Crippen molar-refractivity contribution in [3.8, 4) is 0 Å². The number of hydrogen-bond acceptors (Lipinski definition) is 13. The van der Waals surface area contributed by atoms with Crippen molar-refractivity contribution in [2.24, 2.45) is 5.16 Å². The lowest BCUT2D eigenvalue weighted by Crippen LogP contribution is -2.71. The summed E-state index contributed by atoms with van der Waals surface area (Å²) in [6.07, 6.45) is 0.0178. The van der Waals surface area contributed by atoms with Gasteiger partial charge in [-0.2, -0.15) is 0 Å². The number of amides is 4. The predicted octanol–water partition coefficient (Wildman–Crippen LogP) is 1.21. The number of thiazole rings is 1. The summed E-state index contributed by atoms with van der Waals surface area (Å²) in [5, 5.41) is 19.9. The van der Waals surface area contributed by atoms with Gasteiger partial charge in [0.15, 0.2) is 10.8 Å². The minimum absolute atomic E-state index is 0.00750. The van der Waals surface area contributed by atoms with Crippen LogP contribution >= 0.6 is 23.1 Å². The quantitative estimate of drug-likeness (QED) is 0.0736. The second-order valence-corrected chi connectivity index (χ2v) is 15.9. The Labute approximate surface area is 291 Å². The van der Waals surface area contributed by atoms with E-state index in [0.717, 1.165) is 11.3 Å². The third-order valence-electron chi connectivity index (χ3n) is 7.48. The van der Waals surface area contributed by atoms with Gasteiger partial charge in [0.05, 0.1) is 33.2 Å². The number of hydrogen-bond donors (Lipinski definition) is 3. The minimum atomic E-state index is -1.26. The third kappa shape index (κ3) is 9.48. The molecule has 1 aromatic heterocycles. The van der Waals surface area contributed by atoms with Crippen LogP contribution in [-0.2, 0) is 38.3 Å². The van der Waals surface area contributed by atoms with Crippen molar-refractivity contribution in [1.29, 1.82) is 0 Å². The topological polar surface area (TPSA) is 206 Å². The first-order valence-electron chi connectivity index (χ1n) is 15.4. The Hall–Kier alpha value is -4.23. The van der Waals surface area contributed by atoms with Crippen molar-refractivity contribution in [2.75, 3.05) is 57.4 Å². The molecule has 0 bridgehead atoms. The summed E-state index contributed by atoms with van der Waals surface area (Å²) in [4.78, 5) is 87.0. The van der Waals surface area contributed by atoms with Crippen LogP contribution in [0.5, 0.6) is 0 Å². The largest absolute Gasteiger partial charge is 0.477 e. The van der Waals surface area contributed by atoms with Crippen molar-refractivity contribution >= 4 is 70.2 Å². The van der Waals surface area contributed by atoms with Gasteiger partial charge in [-0.25, -0.2) is 19.4 Å². The smallest absolute Gasteiger partial charge is 0.410 e. The van der Waals surface area contributed by atoms with E-state index in [0.29, 0.717) is 54.9 Å². The van der Waals surface area contributed by atoms with Gasteiger partial charge in [-0.1, -0.05) is 5.16 Å². The molecule has 0 saturated carbocycles. The number of rotatable bonds is 11. The Kier molecular flexibility index (Phi) is 11.3. The van der Waals surface area contributed by atoms with E-state index in [1.165, 1.54) is 22.0 Å². The molecule has 0 spiro atoms. The number of aliphatic carboxylic acids is 1. The molecule has 4 heterocycles. The number of carboxylic acids is 1. The summed E-state index contributed by atoms with van der Waals surface area (Å²) in [5.41, 5.74) is -1.30. The van der Waals surface area contributed by atoms with Gasteiger partial charge in [-0.15, -0.1) is 23.1 Å². The molecule has 19 heteroatoms. The molecule has 0 unspecified atom stereocenters. The second-order valence-electron chi connectivity index (χ2n) is 13.9. The predicted molar refractivity (Wildman–Crippen MR) is 178 cm³/mol. The number of nitrogens with zero attached hydrogens (tertiary/aromatic N) is 5. The van der Waals surface area contributed by atoms with E-state index in [1.54, 1.807) is 46.4 Å². The number of likely N-dealkylation sites (N-methyl/N-ethyl adjacent to an activating group) is 1. The van der Waals surface area contributed by atoms with E-state index in [4.69, 9.17) is 14.3 Å². The van der Waals surface area contributed by atoms with Gasteiger partial charge >= 0.3 is 18.0 Å². The second kappa shape index (κ2) is 14.7. The molecule has 4 rings (SSSR count). The molecule has 2 saturated heterocycles. The lowest BCUT2D eigenvalue weighted by molar-refractivity contribution is -0.908. The zero-order valence-corrected chi connectivity index (χ0v) is 30.1. The van der Waals surface area contributed by atoms with Gasteiger partial charge in [0, 0.05) is 16.7 Å². The van der Waals surface area contributed by atoms with E-state index in [-0.39, 0.29) is 22.2 Å². The first kappa shape index (κ1) is 37.6. The molecule has 3 aliphatic rings. The number of aromatic nitrogens is 1. The van der Waals surface area contributed by atoms with Gasteiger partial charge in [0.2, 0.25) is 13.0 Å². The van der Waals surface area contributed by atoms with Crippen LogP contribution in [0.25, 0.3) is 0 Å². The Morgan fingerprint density at radius 2 is 1.78 bits per heavy atom. The average molecular weight is 725 g/mol. The van der Waals surface area contributed by atoms with Crippen LogP contribution in [0.2, 0.25) is 0 Å². The highest BCUT2D eigenvalue weighted by atomic mass is 32.2. The van der Waals surface area contributed by atoms with E-state index in [2.05, 4.69) is 20.8 Å². The molecule has 2 fully saturated rings. The van der Waals surface area contributed by atoms with Crippen molar-refractivity contribution in [3.05, 3.63) is 22.3 Å². The summed E-state index contributed by atoms with van der Waals surface area (Å²) in [7, 11) is 1.98. The highest BCUT2D eigenvalue weighted by Gasteiger charge is 2.55. The maximum Gasteiger partial charge on any atom is 0.410 e. The van der Waals surface area contributed by atoms with Gasteiger partial charge in [-0.05, 0) is 41.5 Å². The van der Waals surface area contributed by atoms with Crippen LogP contribution in [0.3, 0.4) is 0 Å². The Morgan fingerprint density at radius 3 is 2.37 bits per heavy atom. The molecule has 2 atom stereocenters. The van der Waals surface area contributed by atoms with Crippen LogP contribution in [0.4, 0.5) is 9.93 Å². The van der Waals surface area contributed by atoms with Crippen molar-refractivity contribution in [1.82, 2.24) is 20.1 Å².